The van der Waals surface area contributed by atoms with Crippen molar-refractivity contribution < 1.29 is 13.2 Å². The first-order valence-corrected chi connectivity index (χ1v) is 7.77. The highest BCUT2D eigenvalue weighted by Gasteiger charge is 2.19. The molecule has 1 amide bonds. The van der Waals surface area contributed by atoms with Gasteiger partial charge in [-0.2, -0.15) is 0 Å². The topological polar surface area (TPSA) is 127 Å². The molecule has 0 aliphatic rings. The fourth-order valence-electron chi connectivity index (χ4n) is 0.965. The van der Waals surface area contributed by atoms with E-state index in [-0.39, 0.29) is 34.5 Å². The first kappa shape index (κ1) is 18.0. The van der Waals surface area contributed by atoms with Crippen molar-refractivity contribution in [3.8, 4) is 0 Å². The van der Waals surface area contributed by atoms with Gasteiger partial charge in [0.05, 0.1) is 12.3 Å². The van der Waals surface area contributed by atoms with E-state index in [1.54, 1.807) is 0 Å². The molecule has 11 heteroatoms. The van der Waals surface area contributed by atoms with Crippen molar-refractivity contribution in [2.75, 3.05) is 16.3 Å². The van der Waals surface area contributed by atoms with E-state index < -0.39 is 16.1 Å². The summed E-state index contributed by atoms with van der Waals surface area (Å²) in [6.07, 6.45) is 1.00. The van der Waals surface area contributed by atoms with Gasteiger partial charge in [0, 0.05) is 0 Å². The van der Waals surface area contributed by atoms with Crippen LogP contribution in [0.2, 0.25) is 0 Å². The summed E-state index contributed by atoms with van der Waals surface area (Å²) in [6.45, 7) is 3.64. The summed E-state index contributed by atoms with van der Waals surface area (Å²) < 4.78 is 24.1. The molecule has 4 N–H and O–H groups in total. The predicted molar refractivity (Wildman–Crippen MR) is 77.1 cm³/mol. The normalized spacial score (nSPS) is 12.7. The maximum Gasteiger partial charge on any atom is 0.243 e. The smallest absolute Gasteiger partial charge is 0.243 e. The zero-order valence-corrected chi connectivity index (χ0v) is 13.0. The van der Waals surface area contributed by atoms with Crippen molar-refractivity contribution >= 4 is 49.9 Å². The van der Waals surface area contributed by atoms with Gasteiger partial charge in [-0.25, -0.2) is 8.42 Å². The lowest BCUT2D eigenvalue weighted by Gasteiger charge is -2.13. The Morgan fingerprint density at radius 2 is 1.84 bits per heavy atom. The number of hydrogen-bond acceptors (Lipinski definition) is 7. The zero-order chi connectivity index (χ0) is 13.9. The molecule has 0 radical (unpaired) electrons. The summed E-state index contributed by atoms with van der Waals surface area (Å²) in [6, 6.07) is -0.653. The average Bonchev–Trinajstić information content (AvgIpc) is 2.61. The number of rotatable bonds is 5. The van der Waals surface area contributed by atoms with Crippen LogP contribution in [0.4, 0.5) is 10.3 Å². The number of aromatic nitrogens is 2. The van der Waals surface area contributed by atoms with E-state index in [4.69, 9.17) is 5.73 Å². The van der Waals surface area contributed by atoms with Gasteiger partial charge in [0.1, 0.15) is 0 Å². The molecular weight excluding hydrogens is 314 g/mol. The average molecular weight is 330 g/mol. The first-order valence-electron chi connectivity index (χ1n) is 5.07. The van der Waals surface area contributed by atoms with Crippen LogP contribution >= 0.6 is 23.7 Å². The van der Waals surface area contributed by atoms with Gasteiger partial charge in [-0.15, -0.1) is 22.6 Å². The van der Waals surface area contributed by atoms with E-state index in [1.165, 1.54) is 0 Å². The van der Waals surface area contributed by atoms with Gasteiger partial charge in [-0.1, -0.05) is 25.2 Å². The Morgan fingerprint density at radius 3 is 2.32 bits per heavy atom. The van der Waals surface area contributed by atoms with Crippen LogP contribution in [0.5, 0.6) is 0 Å². The SMILES string of the molecule is CC(C)[C@H](N)C(=O)Nc1nnc(NS(C)(=O)=O)s1.Cl. The fraction of sp³-hybridized carbons (Fsp3) is 0.625. The largest absolute Gasteiger partial charge is 0.320 e. The summed E-state index contributed by atoms with van der Waals surface area (Å²) in [5, 5.41) is 9.98. The second kappa shape index (κ2) is 6.98. The van der Waals surface area contributed by atoms with Crippen LogP contribution in [0.3, 0.4) is 0 Å². The number of carbonyl (C=O) groups excluding carboxylic acids is 1. The second-order valence-corrected chi connectivity index (χ2v) is 6.77. The van der Waals surface area contributed by atoms with Crippen LogP contribution in [0.15, 0.2) is 0 Å². The molecule has 0 saturated heterocycles. The molecule has 110 valence electrons. The molecule has 0 spiro atoms. The Labute approximate surface area is 121 Å². The Hall–Kier alpha value is -0.970. The maximum atomic E-state index is 11.6. The Bertz CT molecular complexity index is 530. The molecule has 0 unspecified atom stereocenters. The van der Waals surface area contributed by atoms with Crippen LogP contribution in [0, 0.1) is 5.92 Å². The minimum Gasteiger partial charge on any atom is -0.320 e. The highest BCUT2D eigenvalue weighted by atomic mass is 35.5. The third kappa shape index (κ3) is 6.14. The molecule has 0 aliphatic carbocycles. The van der Waals surface area contributed by atoms with Gasteiger partial charge in [-0.3, -0.25) is 14.8 Å². The van der Waals surface area contributed by atoms with Gasteiger partial charge >= 0.3 is 0 Å². The fourth-order valence-corrected chi connectivity index (χ4v) is 2.44. The highest BCUT2D eigenvalue weighted by Crippen LogP contribution is 2.20. The minimum atomic E-state index is -3.40. The number of carbonyl (C=O) groups is 1. The molecule has 19 heavy (non-hydrogen) atoms. The maximum absolute atomic E-state index is 11.6. The number of nitrogens with two attached hydrogens (primary N) is 1. The van der Waals surface area contributed by atoms with E-state index in [9.17, 15) is 13.2 Å². The van der Waals surface area contributed by atoms with Gasteiger partial charge in [0.2, 0.25) is 26.2 Å². The third-order valence-corrected chi connectivity index (χ3v) is 3.40. The van der Waals surface area contributed by atoms with Gasteiger partial charge in [0.15, 0.2) is 0 Å². The van der Waals surface area contributed by atoms with E-state index >= 15 is 0 Å². The Kier molecular flexibility index (Phi) is 6.63. The lowest BCUT2D eigenvalue weighted by molar-refractivity contribution is -0.118. The molecule has 1 rings (SSSR count). The number of amides is 1. The monoisotopic (exact) mass is 329 g/mol. The molecule has 1 aromatic rings. The highest BCUT2D eigenvalue weighted by molar-refractivity contribution is 7.92. The van der Waals surface area contributed by atoms with Crippen molar-refractivity contribution in [3.05, 3.63) is 0 Å². The Morgan fingerprint density at radius 1 is 1.32 bits per heavy atom. The van der Waals surface area contributed by atoms with Gasteiger partial charge in [-0.05, 0) is 5.92 Å². The number of hydrogen-bond donors (Lipinski definition) is 3. The van der Waals surface area contributed by atoms with E-state index in [0.717, 1.165) is 17.6 Å². The molecule has 0 bridgehead atoms. The summed E-state index contributed by atoms with van der Waals surface area (Å²) in [5.74, 6) is -0.390. The van der Waals surface area contributed by atoms with Crippen molar-refractivity contribution in [2.45, 2.75) is 19.9 Å². The van der Waals surface area contributed by atoms with E-state index in [1.807, 2.05) is 13.8 Å². The number of anilines is 2. The van der Waals surface area contributed by atoms with Crippen LogP contribution < -0.4 is 15.8 Å². The predicted octanol–water partition coefficient (Wildman–Crippen LogP) is 0.253. The molecular formula is C8H16ClN5O3S2. The summed E-state index contributed by atoms with van der Waals surface area (Å²) in [7, 11) is -3.40. The van der Waals surface area contributed by atoms with Crippen molar-refractivity contribution in [2.24, 2.45) is 11.7 Å². The lowest BCUT2D eigenvalue weighted by Crippen LogP contribution is -2.39. The van der Waals surface area contributed by atoms with Gasteiger partial charge < -0.3 is 5.73 Å². The molecule has 0 saturated carbocycles. The molecule has 1 atom stereocenters. The second-order valence-electron chi connectivity index (χ2n) is 4.05. The van der Waals surface area contributed by atoms with Crippen LogP contribution in [0.1, 0.15) is 13.8 Å². The van der Waals surface area contributed by atoms with Crippen LogP contribution in [-0.4, -0.2) is 36.8 Å². The molecule has 1 aromatic heterocycles. The molecule has 8 nitrogen and oxygen atoms in total. The van der Waals surface area contributed by atoms with Crippen molar-refractivity contribution in [1.82, 2.24) is 10.2 Å². The minimum absolute atomic E-state index is 0. The molecule has 0 fully saturated rings. The van der Waals surface area contributed by atoms with Crippen molar-refractivity contribution in [3.63, 3.8) is 0 Å². The van der Waals surface area contributed by atoms with Crippen molar-refractivity contribution in [1.29, 1.82) is 0 Å². The Balaban J connectivity index is 0.00000324. The standard InChI is InChI=1S/C8H15N5O3S2.ClH/c1-4(2)5(9)6(14)10-7-11-12-8(17-7)13-18(3,15)16;/h4-5H,9H2,1-3H3,(H,12,13)(H,10,11,14);1H/t5-;/m0./s1. The number of nitrogens with one attached hydrogen (secondary N) is 2. The number of sulfonamides is 1. The van der Waals surface area contributed by atoms with E-state index in [0.29, 0.717) is 0 Å². The summed E-state index contributed by atoms with van der Waals surface area (Å²) in [5.41, 5.74) is 5.65. The quantitative estimate of drug-likeness (QED) is 0.710. The number of nitrogens with zero attached hydrogens (tertiary/aromatic N) is 2. The van der Waals surface area contributed by atoms with Crippen LogP contribution in [-0.2, 0) is 14.8 Å². The molecule has 1 heterocycles. The van der Waals surface area contributed by atoms with Gasteiger partial charge in [0.25, 0.3) is 0 Å². The van der Waals surface area contributed by atoms with E-state index in [2.05, 4.69) is 20.2 Å². The summed E-state index contributed by atoms with van der Waals surface area (Å²) in [4.78, 5) is 11.6. The lowest BCUT2D eigenvalue weighted by atomic mass is 10.1. The zero-order valence-electron chi connectivity index (χ0n) is 10.6. The summed E-state index contributed by atoms with van der Waals surface area (Å²) >= 11 is 0.917. The molecule has 0 aromatic carbocycles. The van der Waals surface area contributed by atoms with Crippen LogP contribution in [0.25, 0.3) is 0 Å². The molecule has 0 aliphatic heterocycles. The third-order valence-electron chi connectivity index (χ3n) is 1.95. The first-order chi connectivity index (χ1) is 8.19. The number of halogens is 1.